The number of fused-ring (bicyclic) bond motifs is 4. The van der Waals surface area contributed by atoms with Gasteiger partial charge >= 0.3 is 0 Å². The summed E-state index contributed by atoms with van der Waals surface area (Å²) < 4.78 is 16.8. The van der Waals surface area contributed by atoms with E-state index < -0.39 is 12.1 Å². The average molecular weight is 506 g/mol. The Morgan fingerprint density at radius 2 is 1.84 bits per heavy atom. The number of aromatic nitrogens is 1. The van der Waals surface area contributed by atoms with E-state index in [0.29, 0.717) is 37.5 Å². The van der Waals surface area contributed by atoms with Gasteiger partial charge in [0.05, 0.1) is 20.8 Å². The molecule has 2 aromatic carbocycles. The number of unbranched alkanes of at least 4 members (excludes halogenated alkanes) is 1. The first-order chi connectivity index (χ1) is 18.1. The van der Waals surface area contributed by atoms with Crippen LogP contribution in [0.15, 0.2) is 42.5 Å². The fourth-order valence-corrected chi connectivity index (χ4v) is 5.59. The van der Waals surface area contributed by atoms with E-state index in [4.69, 9.17) is 14.2 Å². The van der Waals surface area contributed by atoms with Gasteiger partial charge in [-0.15, -0.1) is 0 Å². The van der Waals surface area contributed by atoms with Crippen molar-refractivity contribution >= 4 is 22.7 Å². The highest BCUT2D eigenvalue weighted by Crippen LogP contribution is 2.45. The highest BCUT2D eigenvalue weighted by Gasteiger charge is 2.48. The number of para-hydroxylation sites is 1. The zero-order valence-electron chi connectivity index (χ0n) is 21.8. The van der Waals surface area contributed by atoms with Crippen molar-refractivity contribution in [3.8, 4) is 11.5 Å². The molecule has 0 bridgehead atoms. The van der Waals surface area contributed by atoms with E-state index in [1.165, 1.54) is 0 Å². The Labute approximate surface area is 217 Å². The summed E-state index contributed by atoms with van der Waals surface area (Å²) in [5.41, 5.74) is 3.82. The van der Waals surface area contributed by atoms with Crippen LogP contribution >= 0.6 is 0 Å². The quantitative estimate of drug-likeness (QED) is 0.420. The fourth-order valence-electron chi connectivity index (χ4n) is 5.59. The maximum absolute atomic E-state index is 13.8. The molecule has 0 spiro atoms. The molecule has 2 aliphatic rings. The Morgan fingerprint density at radius 3 is 2.62 bits per heavy atom. The zero-order chi connectivity index (χ0) is 25.9. The number of methoxy groups -OCH3 is 2. The summed E-state index contributed by atoms with van der Waals surface area (Å²) in [5, 5.41) is 1.08. The number of benzene rings is 2. The summed E-state index contributed by atoms with van der Waals surface area (Å²) in [5.74, 6) is 1.20. The number of carbonyl (C=O) groups excluding carboxylic acids is 2. The van der Waals surface area contributed by atoms with Gasteiger partial charge in [0.1, 0.15) is 23.6 Å². The van der Waals surface area contributed by atoms with E-state index in [1.807, 2.05) is 36.4 Å². The number of ether oxygens (including phenoxy) is 3. The fraction of sp³-hybridized carbons (Fsp3) is 0.448. The number of nitrogens with zero attached hydrogens (tertiary/aromatic N) is 2. The molecule has 2 amide bonds. The van der Waals surface area contributed by atoms with Crippen LogP contribution in [-0.2, 0) is 20.7 Å². The van der Waals surface area contributed by atoms with Gasteiger partial charge in [-0.05, 0) is 36.6 Å². The molecular formula is C29H35N3O5. The van der Waals surface area contributed by atoms with Crippen molar-refractivity contribution in [2.75, 3.05) is 40.5 Å². The van der Waals surface area contributed by atoms with E-state index in [9.17, 15) is 9.59 Å². The Bertz CT molecular complexity index is 1290. The predicted molar refractivity (Wildman–Crippen MR) is 141 cm³/mol. The van der Waals surface area contributed by atoms with Crippen LogP contribution < -0.4 is 9.47 Å². The van der Waals surface area contributed by atoms with Gasteiger partial charge in [0, 0.05) is 54.4 Å². The molecule has 2 unspecified atom stereocenters. The smallest absolute Gasteiger partial charge is 0.246 e. The lowest BCUT2D eigenvalue weighted by Gasteiger charge is -2.47. The standard InChI is InChI=1S/C29H35N3O5/c1-4-5-14-37-15-8-13-31-18-26(33)32-24(29(31)34)17-22-20-9-6-7-10-23(20)30-27(22)28(32)21-12-11-19(35-2)16-25(21)36-3/h6-7,9-12,16,24,28,30H,4-5,8,13-15,17-18H2,1-3H3. The van der Waals surface area contributed by atoms with Crippen molar-refractivity contribution in [3.05, 3.63) is 59.3 Å². The summed E-state index contributed by atoms with van der Waals surface area (Å²) in [6.45, 7) is 4.03. The van der Waals surface area contributed by atoms with Gasteiger partial charge < -0.3 is 29.0 Å². The molecule has 5 rings (SSSR count). The second-order valence-corrected chi connectivity index (χ2v) is 9.67. The number of hydrogen-bond acceptors (Lipinski definition) is 5. The molecule has 1 N–H and O–H groups in total. The molecule has 8 nitrogen and oxygen atoms in total. The van der Waals surface area contributed by atoms with Gasteiger partial charge in [-0.1, -0.05) is 31.5 Å². The first kappa shape index (κ1) is 25.1. The molecule has 3 aromatic rings. The molecule has 196 valence electrons. The normalized spacial score (nSPS) is 19.2. The number of hydrogen-bond donors (Lipinski definition) is 1. The van der Waals surface area contributed by atoms with Gasteiger partial charge in [0.2, 0.25) is 11.8 Å². The minimum absolute atomic E-state index is 0.0124. The molecule has 37 heavy (non-hydrogen) atoms. The molecule has 2 aliphatic heterocycles. The monoisotopic (exact) mass is 505 g/mol. The van der Waals surface area contributed by atoms with Gasteiger partial charge in [0.15, 0.2) is 0 Å². The lowest BCUT2D eigenvalue weighted by molar-refractivity contribution is -0.158. The third-order valence-corrected chi connectivity index (χ3v) is 7.44. The number of amides is 2. The van der Waals surface area contributed by atoms with Crippen LogP contribution in [0.4, 0.5) is 0 Å². The molecule has 0 saturated carbocycles. The molecule has 2 atom stereocenters. The molecule has 1 saturated heterocycles. The Hall–Kier alpha value is -3.52. The SMILES string of the molecule is CCCCOCCCN1CC(=O)N2C(Cc3c([nH]c4ccccc34)C2c2ccc(OC)cc2OC)C1=O. The van der Waals surface area contributed by atoms with Crippen LogP contribution in [0.5, 0.6) is 11.5 Å². The number of nitrogens with one attached hydrogen (secondary N) is 1. The topological polar surface area (TPSA) is 84.1 Å². The number of carbonyl (C=O) groups is 2. The lowest BCUT2D eigenvalue weighted by atomic mass is 9.85. The van der Waals surface area contributed by atoms with Crippen LogP contribution in [0, 0.1) is 0 Å². The average Bonchev–Trinajstić information content (AvgIpc) is 3.30. The predicted octanol–water partition coefficient (Wildman–Crippen LogP) is 4.08. The lowest BCUT2D eigenvalue weighted by Crippen LogP contribution is -2.63. The van der Waals surface area contributed by atoms with Gasteiger partial charge in [-0.2, -0.15) is 0 Å². The Kier molecular flexibility index (Phi) is 7.37. The summed E-state index contributed by atoms with van der Waals surface area (Å²) >= 11 is 0. The zero-order valence-corrected chi connectivity index (χ0v) is 21.8. The Balaban J connectivity index is 1.51. The van der Waals surface area contributed by atoms with Crippen LogP contribution in [0.2, 0.25) is 0 Å². The largest absolute Gasteiger partial charge is 0.497 e. The van der Waals surface area contributed by atoms with Crippen LogP contribution in [-0.4, -0.2) is 73.2 Å². The van der Waals surface area contributed by atoms with Crippen molar-refractivity contribution < 1.29 is 23.8 Å². The van der Waals surface area contributed by atoms with Gasteiger partial charge in [-0.25, -0.2) is 0 Å². The third kappa shape index (κ3) is 4.66. The summed E-state index contributed by atoms with van der Waals surface area (Å²) in [6.07, 6.45) is 3.31. The van der Waals surface area contributed by atoms with E-state index in [0.717, 1.165) is 47.2 Å². The van der Waals surface area contributed by atoms with E-state index >= 15 is 0 Å². The molecule has 3 heterocycles. The van der Waals surface area contributed by atoms with Crippen LogP contribution in [0.1, 0.15) is 49.0 Å². The maximum Gasteiger partial charge on any atom is 0.246 e. The number of piperazine rings is 1. The summed E-state index contributed by atoms with van der Waals surface area (Å²) in [4.78, 5) is 34.5. The minimum atomic E-state index is -0.578. The third-order valence-electron chi connectivity index (χ3n) is 7.44. The summed E-state index contributed by atoms with van der Waals surface area (Å²) in [6, 6.07) is 12.7. The molecule has 8 heteroatoms. The van der Waals surface area contributed by atoms with E-state index in [2.05, 4.69) is 18.0 Å². The Morgan fingerprint density at radius 1 is 1.03 bits per heavy atom. The molecule has 0 aliphatic carbocycles. The highest BCUT2D eigenvalue weighted by molar-refractivity contribution is 5.97. The van der Waals surface area contributed by atoms with Crippen LogP contribution in [0.3, 0.4) is 0 Å². The first-order valence-electron chi connectivity index (χ1n) is 13.1. The molecule has 0 radical (unpaired) electrons. The van der Waals surface area contributed by atoms with Crippen molar-refractivity contribution in [2.45, 2.75) is 44.7 Å². The maximum atomic E-state index is 13.8. The minimum Gasteiger partial charge on any atom is -0.497 e. The molecular weight excluding hydrogens is 470 g/mol. The van der Waals surface area contributed by atoms with Crippen molar-refractivity contribution in [3.63, 3.8) is 0 Å². The number of aromatic amines is 1. The molecule has 1 fully saturated rings. The molecule has 1 aromatic heterocycles. The van der Waals surface area contributed by atoms with Crippen LogP contribution in [0.25, 0.3) is 10.9 Å². The summed E-state index contributed by atoms with van der Waals surface area (Å²) in [7, 11) is 3.22. The second kappa shape index (κ2) is 10.8. The second-order valence-electron chi connectivity index (χ2n) is 9.67. The van der Waals surface area contributed by atoms with Crippen molar-refractivity contribution in [1.82, 2.24) is 14.8 Å². The van der Waals surface area contributed by atoms with E-state index in [1.54, 1.807) is 24.0 Å². The van der Waals surface area contributed by atoms with Crippen molar-refractivity contribution in [2.24, 2.45) is 0 Å². The van der Waals surface area contributed by atoms with E-state index in [-0.39, 0.29) is 18.4 Å². The highest BCUT2D eigenvalue weighted by atomic mass is 16.5. The first-order valence-corrected chi connectivity index (χ1v) is 13.1. The van der Waals surface area contributed by atoms with Gasteiger partial charge in [-0.3, -0.25) is 9.59 Å². The van der Waals surface area contributed by atoms with Crippen molar-refractivity contribution in [1.29, 1.82) is 0 Å². The number of H-pyrrole nitrogens is 1. The number of rotatable bonds is 10. The van der Waals surface area contributed by atoms with Gasteiger partial charge in [0.25, 0.3) is 0 Å².